The second-order valence-electron chi connectivity index (χ2n) is 7.41. The maximum Gasteiger partial charge on any atom is 0.0722 e. The van der Waals surface area contributed by atoms with Gasteiger partial charge in [-0.25, -0.2) is 0 Å². The highest BCUT2D eigenvalue weighted by molar-refractivity contribution is 6.18. The molecule has 0 atom stereocenters. The molecular weight excluding hydrogens is 461 g/mol. The molecule has 6 heteroatoms. The summed E-state index contributed by atoms with van der Waals surface area (Å²) >= 11 is 11.8. The quantitative estimate of drug-likeness (QED) is 0.252. The molecule has 0 unspecified atom stereocenters. The molecule has 0 bridgehead atoms. The summed E-state index contributed by atoms with van der Waals surface area (Å²) in [5.41, 5.74) is 6.83. The Balaban J connectivity index is 0.00000289. The first-order chi connectivity index (χ1) is 15.3. The van der Waals surface area contributed by atoms with Crippen LogP contribution in [-0.2, 0) is 6.42 Å². The first-order valence-corrected chi connectivity index (χ1v) is 11.5. The van der Waals surface area contributed by atoms with Crippen LogP contribution in [0.25, 0.3) is 10.9 Å². The minimum atomic E-state index is 0. The number of pyridine rings is 1. The average Bonchev–Trinajstić information content (AvgIpc) is 2.81. The lowest BCUT2D eigenvalue weighted by Crippen LogP contribution is -2.27. The van der Waals surface area contributed by atoms with Gasteiger partial charge in [0.15, 0.2) is 0 Å². The van der Waals surface area contributed by atoms with Gasteiger partial charge in [0.25, 0.3) is 0 Å². The molecule has 0 aliphatic heterocycles. The number of hydrogen-bond acceptors (Lipinski definition) is 3. The molecule has 32 heavy (non-hydrogen) atoms. The third-order valence-corrected chi connectivity index (χ3v) is 5.64. The Hall–Kier alpha value is -2.46. The van der Waals surface area contributed by atoms with Crippen molar-refractivity contribution in [2.75, 3.05) is 35.1 Å². The molecule has 1 aromatic heterocycles. The molecule has 0 radical (unpaired) electrons. The number of aromatic nitrogens is 1. The number of para-hydroxylation sites is 1. The molecule has 3 aromatic carbocycles. The van der Waals surface area contributed by atoms with Gasteiger partial charge in [0.1, 0.15) is 0 Å². The van der Waals surface area contributed by atoms with E-state index in [1.165, 1.54) is 11.1 Å². The molecule has 0 fully saturated rings. The van der Waals surface area contributed by atoms with Gasteiger partial charge in [-0.1, -0.05) is 42.5 Å². The van der Waals surface area contributed by atoms with Crippen LogP contribution < -0.4 is 10.2 Å². The Labute approximate surface area is 205 Å². The van der Waals surface area contributed by atoms with E-state index in [0.29, 0.717) is 11.8 Å². The number of anilines is 3. The summed E-state index contributed by atoms with van der Waals surface area (Å²) in [5.74, 6) is 1.18. The van der Waals surface area contributed by atoms with Crippen LogP contribution >= 0.6 is 35.6 Å². The molecule has 0 saturated carbocycles. The highest BCUT2D eigenvalue weighted by atomic mass is 35.5. The summed E-state index contributed by atoms with van der Waals surface area (Å²) < 4.78 is 0. The molecule has 0 aliphatic rings. The van der Waals surface area contributed by atoms with Gasteiger partial charge in [-0.3, -0.25) is 4.98 Å². The number of hydrogen-bond donors (Lipinski definition) is 1. The zero-order valence-corrected chi connectivity index (χ0v) is 20.0. The maximum absolute atomic E-state index is 5.92. The third-order valence-electron chi connectivity index (χ3n) is 5.30. The molecule has 1 N–H and O–H groups in total. The molecule has 0 aliphatic carbocycles. The van der Waals surface area contributed by atoms with Crippen molar-refractivity contribution in [1.29, 1.82) is 0 Å². The van der Waals surface area contributed by atoms with E-state index in [9.17, 15) is 0 Å². The van der Waals surface area contributed by atoms with Gasteiger partial charge < -0.3 is 10.2 Å². The van der Waals surface area contributed by atoms with Crippen molar-refractivity contribution in [2.24, 2.45) is 0 Å². The standard InChI is InChI=1S/C26H25Cl2N3.ClH/c27-14-17-31(18-15-28)23-11-7-21(8-12-23)19-20-5-9-22(10-6-20)30-26-13-16-29-25-4-2-1-3-24(25)26;/h1-13,16H,14-15,17-19H2,(H,29,30);1H. The topological polar surface area (TPSA) is 28.2 Å². The van der Waals surface area contributed by atoms with Crippen LogP contribution in [0.5, 0.6) is 0 Å². The minimum absolute atomic E-state index is 0. The van der Waals surface area contributed by atoms with Crippen LogP contribution in [0.3, 0.4) is 0 Å². The number of rotatable bonds is 9. The second kappa shape index (κ2) is 12.0. The van der Waals surface area contributed by atoms with Gasteiger partial charge in [-0.05, 0) is 53.9 Å². The zero-order valence-electron chi connectivity index (χ0n) is 17.7. The van der Waals surface area contributed by atoms with Crippen molar-refractivity contribution in [3.05, 3.63) is 96.2 Å². The van der Waals surface area contributed by atoms with Crippen molar-refractivity contribution in [1.82, 2.24) is 4.98 Å². The normalized spacial score (nSPS) is 10.6. The summed E-state index contributed by atoms with van der Waals surface area (Å²) in [6.07, 6.45) is 2.73. The maximum atomic E-state index is 5.92. The van der Waals surface area contributed by atoms with Crippen molar-refractivity contribution >= 4 is 63.6 Å². The van der Waals surface area contributed by atoms with Crippen LogP contribution in [0.4, 0.5) is 17.1 Å². The lowest BCUT2D eigenvalue weighted by Gasteiger charge is -2.23. The fraction of sp³-hybridized carbons (Fsp3) is 0.192. The predicted molar refractivity (Wildman–Crippen MR) is 142 cm³/mol. The second-order valence-corrected chi connectivity index (χ2v) is 8.16. The number of benzene rings is 3. The van der Waals surface area contributed by atoms with E-state index in [1.807, 2.05) is 30.5 Å². The third kappa shape index (κ3) is 6.07. The summed E-state index contributed by atoms with van der Waals surface area (Å²) in [7, 11) is 0. The first-order valence-electron chi connectivity index (χ1n) is 10.4. The molecule has 3 nitrogen and oxygen atoms in total. The van der Waals surface area contributed by atoms with Crippen LogP contribution in [-0.4, -0.2) is 29.8 Å². The molecular formula is C26H26Cl3N3. The zero-order chi connectivity index (χ0) is 21.5. The van der Waals surface area contributed by atoms with E-state index < -0.39 is 0 Å². The molecule has 4 rings (SSSR count). The Morgan fingerprint density at radius 3 is 2.03 bits per heavy atom. The van der Waals surface area contributed by atoms with Gasteiger partial charge in [-0.15, -0.1) is 35.6 Å². The predicted octanol–water partition coefficient (Wildman–Crippen LogP) is 7.28. The highest BCUT2D eigenvalue weighted by Crippen LogP contribution is 2.25. The van der Waals surface area contributed by atoms with E-state index in [1.54, 1.807) is 0 Å². The van der Waals surface area contributed by atoms with E-state index >= 15 is 0 Å². The van der Waals surface area contributed by atoms with E-state index in [4.69, 9.17) is 23.2 Å². The Kier molecular flexibility index (Phi) is 9.04. The lowest BCUT2D eigenvalue weighted by atomic mass is 10.0. The van der Waals surface area contributed by atoms with Crippen LogP contribution in [0, 0.1) is 0 Å². The van der Waals surface area contributed by atoms with Crippen molar-refractivity contribution in [2.45, 2.75) is 6.42 Å². The van der Waals surface area contributed by atoms with Crippen molar-refractivity contribution < 1.29 is 0 Å². The van der Waals surface area contributed by atoms with Crippen LogP contribution in [0.15, 0.2) is 85.1 Å². The lowest BCUT2D eigenvalue weighted by molar-refractivity contribution is 0.873. The number of nitrogens with one attached hydrogen (secondary N) is 1. The van der Waals surface area contributed by atoms with Gasteiger partial charge in [0.05, 0.1) is 5.52 Å². The van der Waals surface area contributed by atoms with E-state index in [0.717, 1.165) is 47.5 Å². The SMILES string of the molecule is Cl.ClCCN(CCCl)c1ccc(Cc2ccc(Nc3ccnc4ccccc34)cc2)cc1. The number of alkyl halides is 2. The number of fused-ring (bicyclic) bond motifs is 1. The van der Waals surface area contributed by atoms with E-state index in [2.05, 4.69) is 69.8 Å². The average molecular weight is 487 g/mol. The molecule has 0 amide bonds. The molecule has 166 valence electrons. The molecule has 4 aromatic rings. The van der Waals surface area contributed by atoms with Gasteiger partial charge in [0, 0.05) is 53.5 Å². The number of nitrogens with zero attached hydrogens (tertiary/aromatic N) is 2. The summed E-state index contributed by atoms with van der Waals surface area (Å²) in [5, 5.41) is 4.63. The molecule has 1 heterocycles. The van der Waals surface area contributed by atoms with Crippen molar-refractivity contribution in [3.8, 4) is 0 Å². The summed E-state index contributed by atoms with van der Waals surface area (Å²) in [6, 6.07) is 27.4. The minimum Gasteiger partial charge on any atom is -0.369 e. The summed E-state index contributed by atoms with van der Waals surface area (Å²) in [6.45, 7) is 1.60. The van der Waals surface area contributed by atoms with Gasteiger partial charge >= 0.3 is 0 Å². The van der Waals surface area contributed by atoms with E-state index in [-0.39, 0.29) is 12.4 Å². The highest BCUT2D eigenvalue weighted by Gasteiger charge is 2.06. The van der Waals surface area contributed by atoms with Gasteiger partial charge in [-0.2, -0.15) is 0 Å². The Morgan fingerprint density at radius 1 is 0.750 bits per heavy atom. The van der Waals surface area contributed by atoms with Crippen LogP contribution in [0.2, 0.25) is 0 Å². The fourth-order valence-corrected chi connectivity index (χ4v) is 4.11. The first kappa shape index (κ1) is 24.2. The molecule has 0 saturated heterocycles. The van der Waals surface area contributed by atoms with Crippen LogP contribution in [0.1, 0.15) is 11.1 Å². The smallest absolute Gasteiger partial charge is 0.0722 e. The van der Waals surface area contributed by atoms with Gasteiger partial charge in [0.2, 0.25) is 0 Å². The van der Waals surface area contributed by atoms with Crippen molar-refractivity contribution in [3.63, 3.8) is 0 Å². The largest absolute Gasteiger partial charge is 0.369 e. The summed E-state index contributed by atoms with van der Waals surface area (Å²) in [4.78, 5) is 6.64. The molecule has 0 spiro atoms. The Bertz CT molecular complexity index is 1100. The number of halogens is 3. The monoisotopic (exact) mass is 485 g/mol. The Morgan fingerprint density at radius 2 is 1.38 bits per heavy atom. The fourth-order valence-electron chi connectivity index (χ4n) is 3.70.